The zero-order valence-corrected chi connectivity index (χ0v) is 33.7. The van der Waals surface area contributed by atoms with Crippen molar-refractivity contribution in [3.63, 3.8) is 0 Å². The number of fused-ring (bicyclic) bond motifs is 3. The molecule has 58 heavy (non-hydrogen) atoms. The Balaban J connectivity index is 1.32. The van der Waals surface area contributed by atoms with Crippen LogP contribution < -0.4 is 0 Å². The predicted molar refractivity (Wildman–Crippen MR) is 230 cm³/mol. The van der Waals surface area contributed by atoms with Gasteiger partial charge in [0.1, 0.15) is 22.2 Å². The van der Waals surface area contributed by atoms with E-state index in [1.807, 2.05) is 61.5 Å². The lowest BCUT2D eigenvalue weighted by Crippen LogP contribution is -1.98. The molecule has 0 radical (unpaired) electrons. The zero-order valence-electron chi connectivity index (χ0n) is 31.1. The van der Waals surface area contributed by atoms with Gasteiger partial charge in [-0.15, -0.1) is 22.9 Å². The van der Waals surface area contributed by atoms with Crippen LogP contribution in [0.15, 0.2) is 150 Å². The van der Waals surface area contributed by atoms with E-state index in [4.69, 9.17) is 5.11 Å². The number of aromatic hydroxyl groups is 1. The smallest absolute Gasteiger partial charge is 0.296 e. The number of azo groups is 3. The molecule has 0 fully saturated rings. The third-order valence-electron chi connectivity index (χ3n) is 9.42. The number of para-hydroxylation sites is 2. The Hall–Kier alpha value is -6.25. The summed E-state index contributed by atoms with van der Waals surface area (Å²) in [6.07, 6.45) is 1.56. The van der Waals surface area contributed by atoms with Crippen molar-refractivity contribution in [1.82, 2.24) is 9.38 Å². The molecule has 7 aromatic rings. The molecule has 0 aliphatic heterocycles. The topological polar surface area (TPSA) is 190 Å². The van der Waals surface area contributed by atoms with Crippen LogP contribution in [0.2, 0.25) is 0 Å². The van der Waals surface area contributed by atoms with E-state index in [1.54, 1.807) is 43.3 Å². The summed E-state index contributed by atoms with van der Waals surface area (Å²) in [5.74, 6) is 0.376. The number of nitrogens with zero attached hydrogens (tertiary/aromatic N) is 9. The summed E-state index contributed by atoms with van der Waals surface area (Å²) in [6, 6.07) is 33.3. The molecule has 16 heteroatoms. The molecule has 2 aromatic heterocycles. The van der Waals surface area contributed by atoms with Crippen LogP contribution in [0.5, 0.6) is 5.88 Å². The van der Waals surface area contributed by atoms with E-state index >= 15 is 0 Å². The van der Waals surface area contributed by atoms with Crippen LogP contribution in [0.3, 0.4) is 0 Å². The molecule has 1 atom stereocenters. The third-order valence-corrected chi connectivity index (χ3v) is 10.9. The molecule has 0 amide bonds. The van der Waals surface area contributed by atoms with Crippen LogP contribution in [0.25, 0.3) is 27.8 Å². The first-order valence-corrected chi connectivity index (χ1v) is 20.5. The summed E-state index contributed by atoms with van der Waals surface area (Å²) in [5, 5.41) is 48.7. The van der Waals surface area contributed by atoms with Crippen LogP contribution >= 0.6 is 25.3 Å². The molecule has 2 N–H and O–H groups in total. The highest BCUT2D eigenvalue weighted by atomic mass is 32.2. The van der Waals surface area contributed by atoms with Gasteiger partial charge in [-0.25, -0.2) is 4.98 Å². The summed E-state index contributed by atoms with van der Waals surface area (Å²) >= 11 is 8.67. The SMILES string of the molecule is Cc1cc(N=Nc2c(-c3ccccc3)c(C#N)c3nc4ccccc4n3c2O)c(C(C)CCCS)cc1N=Nc1ccc(N=Nc2ccc(S)cc2)cc1S(=O)(=O)O. The maximum Gasteiger partial charge on any atom is 0.296 e. The van der Waals surface area contributed by atoms with Gasteiger partial charge < -0.3 is 5.11 Å². The van der Waals surface area contributed by atoms with Gasteiger partial charge in [0.15, 0.2) is 11.3 Å². The monoisotopic (exact) mass is 825 g/mol. The van der Waals surface area contributed by atoms with Gasteiger partial charge in [0.05, 0.1) is 33.8 Å². The molecule has 0 bridgehead atoms. The minimum Gasteiger partial charge on any atom is -0.493 e. The second-order valence-corrected chi connectivity index (χ2v) is 15.7. The standard InChI is InChI=1S/C42H35N9O4S3/c1-25(9-8-20-56)31-23-35(48-47-34-19-16-29(22-38(34)58(53,54)55)46-45-28-14-17-30(57)18-15-28)26(2)21-36(31)49-50-40-39(27-10-4-3-5-11-27)32(24-43)41-44-33-12-6-7-13-37(33)51(41)42(40)52/h3-7,10-19,21-23,25,52,56-57H,8-9,20H2,1-2H3,(H,53,54,55). The van der Waals surface area contributed by atoms with Crippen LogP contribution in [-0.2, 0) is 10.1 Å². The van der Waals surface area contributed by atoms with Crippen molar-refractivity contribution < 1.29 is 18.1 Å². The number of aryl methyl sites for hydroxylation is 1. The summed E-state index contributed by atoms with van der Waals surface area (Å²) in [5.41, 5.74) is 5.76. The predicted octanol–water partition coefficient (Wildman–Crippen LogP) is 12.6. The molecule has 13 nitrogen and oxygen atoms in total. The van der Waals surface area contributed by atoms with Crippen molar-refractivity contribution in [1.29, 1.82) is 5.26 Å². The molecule has 290 valence electrons. The van der Waals surface area contributed by atoms with Gasteiger partial charge in [-0.3, -0.25) is 8.95 Å². The lowest BCUT2D eigenvalue weighted by Gasteiger charge is -2.16. The first-order chi connectivity index (χ1) is 28.0. The molecule has 7 rings (SSSR count). The van der Waals surface area contributed by atoms with Gasteiger partial charge in [-0.2, -0.15) is 46.8 Å². The fraction of sp³-hybridized carbons (Fsp3) is 0.143. The van der Waals surface area contributed by atoms with Crippen molar-refractivity contribution in [3.05, 3.63) is 126 Å². The van der Waals surface area contributed by atoms with Crippen LogP contribution in [0.4, 0.5) is 34.1 Å². The molecule has 0 aliphatic rings. The van der Waals surface area contributed by atoms with Gasteiger partial charge in [0.25, 0.3) is 10.1 Å². The number of hydrogen-bond acceptors (Lipinski definition) is 13. The molecular weight excluding hydrogens is 791 g/mol. The van der Waals surface area contributed by atoms with E-state index in [0.717, 1.165) is 23.3 Å². The van der Waals surface area contributed by atoms with Crippen molar-refractivity contribution in [2.45, 2.75) is 42.4 Å². The first kappa shape index (κ1) is 40.0. The second kappa shape index (κ2) is 17.1. The zero-order chi connectivity index (χ0) is 41.0. The third kappa shape index (κ3) is 8.38. The Morgan fingerprint density at radius 3 is 2.22 bits per heavy atom. The van der Waals surface area contributed by atoms with Crippen molar-refractivity contribution in [2.24, 2.45) is 30.7 Å². The number of pyridine rings is 1. The number of rotatable bonds is 12. The summed E-state index contributed by atoms with van der Waals surface area (Å²) < 4.78 is 36.6. The summed E-state index contributed by atoms with van der Waals surface area (Å²) in [4.78, 5) is 4.95. The van der Waals surface area contributed by atoms with Gasteiger partial charge in [0, 0.05) is 10.5 Å². The number of hydrogen-bond donors (Lipinski definition) is 4. The molecule has 0 aliphatic carbocycles. The average molecular weight is 826 g/mol. The maximum atomic E-state index is 12.5. The average Bonchev–Trinajstić information content (AvgIpc) is 3.62. The molecule has 2 heterocycles. The molecule has 1 unspecified atom stereocenters. The normalized spacial score (nSPS) is 12.7. The van der Waals surface area contributed by atoms with Gasteiger partial charge in [0.2, 0.25) is 5.88 Å². The number of thiol groups is 2. The fourth-order valence-electron chi connectivity index (χ4n) is 6.48. The van der Waals surface area contributed by atoms with Crippen molar-refractivity contribution in [3.8, 4) is 23.1 Å². The lowest BCUT2D eigenvalue weighted by molar-refractivity contribution is 0.450. The lowest BCUT2D eigenvalue weighted by atomic mass is 9.93. The van der Waals surface area contributed by atoms with E-state index in [0.29, 0.717) is 56.2 Å². The Morgan fingerprint density at radius 2 is 1.50 bits per heavy atom. The summed E-state index contributed by atoms with van der Waals surface area (Å²) in [6.45, 7) is 3.84. The fourth-order valence-corrected chi connectivity index (χ4v) is 7.46. The minimum atomic E-state index is -4.73. The molecule has 0 spiro atoms. The Bertz CT molecular complexity index is 2930. The number of imidazole rings is 1. The number of aromatic nitrogens is 2. The first-order valence-electron chi connectivity index (χ1n) is 18.0. The second-order valence-electron chi connectivity index (χ2n) is 13.4. The van der Waals surface area contributed by atoms with Gasteiger partial charge >= 0.3 is 0 Å². The highest BCUT2D eigenvalue weighted by Crippen LogP contribution is 2.45. The van der Waals surface area contributed by atoms with E-state index in [1.165, 1.54) is 22.6 Å². The Morgan fingerprint density at radius 1 is 0.828 bits per heavy atom. The van der Waals surface area contributed by atoms with E-state index in [-0.39, 0.29) is 34.4 Å². The molecule has 0 saturated heterocycles. The molecule has 0 saturated carbocycles. The van der Waals surface area contributed by atoms with E-state index in [9.17, 15) is 23.3 Å². The Kier molecular flexibility index (Phi) is 11.8. The van der Waals surface area contributed by atoms with Crippen LogP contribution in [0.1, 0.15) is 42.4 Å². The molecule has 5 aromatic carbocycles. The van der Waals surface area contributed by atoms with Crippen LogP contribution in [0, 0.1) is 18.3 Å². The largest absolute Gasteiger partial charge is 0.493 e. The number of benzene rings is 5. The van der Waals surface area contributed by atoms with Crippen LogP contribution in [-0.4, -0.2) is 33.2 Å². The molecular formula is C42H35N9O4S3. The maximum absolute atomic E-state index is 12.5. The van der Waals surface area contributed by atoms with Gasteiger partial charge in [-0.05, 0) is 115 Å². The quantitative estimate of drug-likeness (QED) is 0.0538. The minimum absolute atomic E-state index is 0.0606. The van der Waals surface area contributed by atoms with Gasteiger partial charge in [-0.1, -0.05) is 49.4 Å². The Labute approximate surface area is 345 Å². The number of nitriles is 1. The van der Waals surface area contributed by atoms with E-state index < -0.39 is 15.0 Å². The van der Waals surface area contributed by atoms with Crippen molar-refractivity contribution >= 4 is 86.2 Å². The summed E-state index contributed by atoms with van der Waals surface area (Å²) in [7, 11) is -4.73. The van der Waals surface area contributed by atoms with E-state index in [2.05, 4.69) is 61.9 Å². The van der Waals surface area contributed by atoms with Crippen molar-refractivity contribution in [2.75, 3.05) is 5.75 Å². The highest BCUT2D eigenvalue weighted by molar-refractivity contribution is 7.86. The highest BCUT2D eigenvalue weighted by Gasteiger charge is 2.25.